The van der Waals surface area contributed by atoms with Gasteiger partial charge in [0.15, 0.2) is 0 Å². The molecule has 0 bridgehead atoms. The number of ether oxygens (including phenoxy) is 1. The van der Waals surface area contributed by atoms with E-state index in [1.165, 1.54) is 25.7 Å². The molecule has 0 spiro atoms. The van der Waals surface area contributed by atoms with Gasteiger partial charge in [-0.25, -0.2) is 0 Å². The Bertz CT molecular complexity index is 175. The zero-order valence-corrected chi connectivity index (χ0v) is 9.11. The minimum Gasteiger partial charge on any atom is -0.390 e. The molecular weight excluding hydrogens is 176 g/mol. The Hall–Kier alpha value is -0.0800. The number of rotatable bonds is 2. The monoisotopic (exact) mass is 198 g/mol. The molecule has 1 aliphatic heterocycles. The lowest BCUT2D eigenvalue weighted by atomic mass is 9.78. The van der Waals surface area contributed by atoms with Gasteiger partial charge in [-0.3, -0.25) is 0 Å². The molecule has 1 saturated carbocycles. The molecule has 1 heterocycles. The second-order valence-corrected chi connectivity index (χ2v) is 5.07. The minimum atomic E-state index is -0.194. The van der Waals surface area contributed by atoms with E-state index in [2.05, 4.69) is 6.92 Å². The van der Waals surface area contributed by atoms with Crippen molar-refractivity contribution < 1.29 is 9.84 Å². The van der Waals surface area contributed by atoms with Gasteiger partial charge in [-0.05, 0) is 37.5 Å². The number of hydrogen-bond donors (Lipinski definition) is 1. The lowest BCUT2D eigenvalue weighted by molar-refractivity contribution is -0.0444. The highest BCUT2D eigenvalue weighted by Gasteiger charge is 2.32. The second-order valence-electron chi connectivity index (χ2n) is 5.07. The molecule has 0 aromatic carbocycles. The summed E-state index contributed by atoms with van der Waals surface area (Å²) in [6.45, 7) is 3.15. The third-order valence-corrected chi connectivity index (χ3v) is 3.81. The third-order valence-electron chi connectivity index (χ3n) is 3.81. The average molecular weight is 198 g/mol. The van der Waals surface area contributed by atoms with Crippen LogP contribution in [0.15, 0.2) is 0 Å². The van der Waals surface area contributed by atoms with Gasteiger partial charge in [0.1, 0.15) is 0 Å². The van der Waals surface area contributed by atoms with E-state index in [9.17, 15) is 5.11 Å². The van der Waals surface area contributed by atoms with Gasteiger partial charge >= 0.3 is 0 Å². The smallest absolute Gasteiger partial charge is 0.0837 e. The first-order valence-electron chi connectivity index (χ1n) is 6.07. The van der Waals surface area contributed by atoms with Crippen LogP contribution in [-0.2, 0) is 4.74 Å². The van der Waals surface area contributed by atoms with Crippen LogP contribution in [0.1, 0.15) is 45.4 Å². The van der Waals surface area contributed by atoms with Crippen molar-refractivity contribution in [2.75, 3.05) is 6.61 Å². The fourth-order valence-corrected chi connectivity index (χ4v) is 2.97. The molecule has 4 atom stereocenters. The van der Waals surface area contributed by atoms with E-state index >= 15 is 0 Å². The molecule has 0 aromatic rings. The van der Waals surface area contributed by atoms with Crippen LogP contribution in [0, 0.1) is 11.8 Å². The van der Waals surface area contributed by atoms with Crippen LogP contribution in [0.3, 0.4) is 0 Å². The Morgan fingerprint density at radius 2 is 2.07 bits per heavy atom. The van der Waals surface area contributed by atoms with E-state index in [0.717, 1.165) is 25.4 Å². The summed E-state index contributed by atoms with van der Waals surface area (Å²) < 4.78 is 5.55. The summed E-state index contributed by atoms with van der Waals surface area (Å²) in [4.78, 5) is 0. The molecule has 1 saturated heterocycles. The Balaban J connectivity index is 1.86. The maximum Gasteiger partial charge on any atom is 0.0837 e. The highest BCUT2D eigenvalue weighted by molar-refractivity contribution is 4.83. The Morgan fingerprint density at radius 3 is 2.71 bits per heavy atom. The van der Waals surface area contributed by atoms with Gasteiger partial charge in [0.05, 0.1) is 12.2 Å². The Morgan fingerprint density at radius 1 is 1.21 bits per heavy atom. The van der Waals surface area contributed by atoms with Crippen molar-refractivity contribution in [3.05, 3.63) is 0 Å². The molecule has 14 heavy (non-hydrogen) atoms. The Kier molecular flexibility index (Phi) is 3.45. The van der Waals surface area contributed by atoms with Crippen LogP contribution < -0.4 is 0 Å². The standard InChI is InChI=1S/C12H22O2/c1-9-4-2-5-10(8-9)12(13)11-6-3-7-14-11/h9-13H,2-8H2,1H3. The molecule has 1 aliphatic carbocycles. The van der Waals surface area contributed by atoms with Crippen LogP contribution in [0.2, 0.25) is 0 Å². The third kappa shape index (κ3) is 2.29. The van der Waals surface area contributed by atoms with Crippen LogP contribution in [0.5, 0.6) is 0 Å². The summed E-state index contributed by atoms with van der Waals surface area (Å²) in [6.07, 6.45) is 7.16. The Labute approximate surface area is 86.6 Å². The molecule has 0 radical (unpaired) electrons. The molecule has 4 unspecified atom stereocenters. The molecule has 0 amide bonds. The van der Waals surface area contributed by atoms with E-state index in [-0.39, 0.29) is 12.2 Å². The fraction of sp³-hybridized carbons (Fsp3) is 1.00. The molecule has 2 heteroatoms. The normalized spacial score (nSPS) is 41.1. The van der Waals surface area contributed by atoms with Crippen molar-refractivity contribution in [2.45, 2.75) is 57.7 Å². The highest BCUT2D eigenvalue weighted by Crippen LogP contribution is 2.34. The maximum absolute atomic E-state index is 10.2. The molecular formula is C12H22O2. The largest absolute Gasteiger partial charge is 0.390 e. The average Bonchev–Trinajstić information content (AvgIpc) is 2.69. The fourth-order valence-electron chi connectivity index (χ4n) is 2.97. The topological polar surface area (TPSA) is 29.5 Å². The van der Waals surface area contributed by atoms with Crippen LogP contribution >= 0.6 is 0 Å². The summed E-state index contributed by atoms with van der Waals surface area (Å²) in [5.41, 5.74) is 0. The van der Waals surface area contributed by atoms with Crippen molar-refractivity contribution >= 4 is 0 Å². The van der Waals surface area contributed by atoms with E-state index in [4.69, 9.17) is 4.74 Å². The van der Waals surface area contributed by atoms with Crippen molar-refractivity contribution in [3.63, 3.8) is 0 Å². The predicted molar refractivity (Wildman–Crippen MR) is 56.1 cm³/mol. The quantitative estimate of drug-likeness (QED) is 0.738. The first-order chi connectivity index (χ1) is 6.77. The van der Waals surface area contributed by atoms with Gasteiger partial charge in [-0.15, -0.1) is 0 Å². The van der Waals surface area contributed by atoms with E-state index < -0.39 is 0 Å². The molecule has 2 fully saturated rings. The van der Waals surface area contributed by atoms with Crippen LogP contribution in [0.25, 0.3) is 0 Å². The minimum absolute atomic E-state index is 0.144. The van der Waals surface area contributed by atoms with E-state index in [1.807, 2.05) is 0 Å². The zero-order chi connectivity index (χ0) is 9.97. The second kappa shape index (κ2) is 4.63. The van der Waals surface area contributed by atoms with Crippen LogP contribution in [-0.4, -0.2) is 23.9 Å². The first-order valence-corrected chi connectivity index (χ1v) is 6.07. The van der Waals surface area contributed by atoms with Crippen molar-refractivity contribution in [1.82, 2.24) is 0 Å². The van der Waals surface area contributed by atoms with E-state index in [0.29, 0.717) is 5.92 Å². The number of hydrogen-bond acceptors (Lipinski definition) is 2. The van der Waals surface area contributed by atoms with Crippen LogP contribution in [0.4, 0.5) is 0 Å². The maximum atomic E-state index is 10.2. The van der Waals surface area contributed by atoms with E-state index in [1.54, 1.807) is 0 Å². The van der Waals surface area contributed by atoms with Gasteiger partial charge in [0, 0.05) is 6.61 Å². The number of aliphatic hydroxyl groups is 1. The predicted octanol–water partition coefficient (Wildman–Crippen LogP) is 2.35. The molecule has 82 valence electrons. The molecule has 1 N–H and O–H groups in total. The summed E-state index contributed by atoms with van der Waals surface area (Å²) in [6, 6.07) is 0. The zero-order valence-electron chi connectivity index (χ0n) is 9.11. The lowest BCUT2D eigenvalue weighted by Crippen LogP contribution is -2.35. The lowest BCUT2D eigenvalue weighted by Gasteiger charge is -2.32. The summed E-state index contributed by atoms with van der Waals surface area (Å²) in [5, 5.41) is 10.2. The molecule has 2 nitrogen and oxygen atoms in total. The van der Waals surface area contributed by atoms with Crippen molar-refractivity contribution in [3.8, 4) is 0 Å². The van der Waals surface area contributed by atoms with Gasteiger partial charge in [-0.2, -0.15) is 0 Å². The summed E-state index contributed by atoms with van der Waals surface area (Å²) in [5.74, 6) is 1.30. The van der Waals surface area contributed by atoms with Gasteiger partial charge < -0.3 is 9.84 Å². The molecule has 2 rings (SSSR count). The summed E-state index contributed by atoms with van der Waals surface area (Å²) in [7, 11) is 0. The number of aliphatic hydroxyl groups excluding tert-OH is 1. The van der Waals surface area contributed by atoms with Crippen molar-refractivity contribution in [2.24, 2.45) is 11.8 Å². The SMILES string of the molecule is CC1CCCC(C(O)C2CCCO2)C1. The van der Waals surface area contributed by atoms with Gasteiger partial charge in [0.2, 0.25) is 0 Å². The summed E-state index contributed by atoms with van der Waals surface area (Å²) >= 11 is 0. The van der Waals surface area contributed by atoms with Gasteiger partial charge in [0.25, 0.3) is 0 Å². The molecule has 2 aliphatic rings. The van der Waals surface area contributed by atoms with Crippen molar-refractivity contribution in [1.29, 1.82) is 0 Å². The highest BCUT2D eigenvalue weighted by atomic mass is 16.5. The van der Waals surface area contributed by atoms with Gasteiger partial charge in [-0.1, -0.05) is 19.8 Å². The first kappa shape index (κ1) is 10.4. The molecule has 0 aromatic heterocycles.